The van der Waals surface area contributed by atoms with E-state index in [-0.39, 0.29) is 32.0 Å². The molecule has 1 fully saturated rings. The Labute approximate surface area is 301 Å². The van der Waals surface area contributed by atoms with Gasteiger partial charge in [0.2, 0.25) is 0 Å². The molecule has 1 aliphatic heterocycles. The molecule has 2 unspecified atom stereocenters. The molecule has 1 heterocycles. The summed E-state index contributed by atoms with van der Waals surface area (Å²) in [6.07, 6.45) is 29.1. The van der Waals surface area contributed by atoms with Crippen molar-refractivity contribution in [1.82, 2.24) is 0 Å². The van der Waals surface area contributed by atoms with Crippen LogP contribution in [-0.2, 0) is 32.7 Å². The van der Waals surface area contributed by atoms with Crippen molar-refractivity contribution in [3.63, 3.8) is 0 Å². The Morgan fingerprint density at radius 1 is 0.612 bits per heavy atom. The number of hydrogen-bond donors (Lipinski definition) is 0. The monoisotopic (exact) mass is 718 g/mol. The fraction of sp³-hybridized carbons (Fsp3) is 0.949. The van der Waals surface area contributed by atoms with Crippen molar-refractivity contribution in [2.45, 2.75) is 193 Å². The van der Waals surface area contributed by atoms with Gasteiger partial charge >= 0.3 is 11.9 Å². The quantitative estimate of drug-likeness (QED) is 0.0280. The summed E-state index contributed by atoms with van der Waals surface area (Å²) in [5, 5.41) is 0. The third kappa shape index (κ3) is 28.3. The Kier molecular flexibility index (Phi) is 28.8. The number of likely N-dealkylation sites (N-methyl/N-ethyl adjacent to an activating group) is 1. The summed E-state index contributed by atoms with van der Waals surface area (Å²) >= 11 is 0. The topological polar surface area (TPSA) is 111 Å². The van der Waals surface area contributed by atoms with Gasteiger partial charge in [-0.3, -0.25) is 14.2 Å². The van der Waals surface area contributed by atoms with Crippen LogP contribution >= 0.6 is 7.82 Å². The highest BCUT2D eigenvalue weighted by Crippen LogP contribution is 2.38. The van der Waals surface area contributed by atoms with Crippen LogP contribution in [0.15, 0.2) is 0 Å². The third-order valence-electron chi connectivity index (χ3n) is 9.89. The first-order chi connectivity index (χ1) is 23.7. The molecule has 0 amide bonds. The minimum Gasteiger partial charge on any atom is -0.756 e. The molecule has 1 saturated heterocycles. The van der Waals surface area contributed by atoms with Gasteiger partial charge in [-0.2, -0.15) is 0 Å². The van der Waals surface area contributed by atoms with E-state index in [4.69, 9.17) is 18.5 Å². The molecule has 0 aromatic heterocycles. The number of nitrogens with zero attached hydrogens (tertiary/aromatic N) is 1. The number of ether oxygens (including phenoxy) is 2. The normalized spacial score (nSPS) is 16.2. The minimum absolute atomic E-state index is 0.0362. The van der Waals surface area contributed by atoms with Crippen molar-refractivity contribution >= 4 is 19.8 Å². The van der Waals surface area contributed by atoms with Crippen molar-refractivity contribution in [3.05, 3.63) is 0 Å². The highest BCUT2D eigenvalue weighted by molar-refractivity contribution is 7.45. The maximum Gasteiger partial charge on any atom is 0.306 e. The summed E-state index contributed by atoms with van der Waals surface area (Å²) in [7, 11) is -2.50. The second kappa shape index (κ2) is 30.6. The number of rotatable bonds is 34. The van der Waals surface area contributed by atoms with Crippen LogP contribution in [0.1, 0.15) is 187 Å². The van der Waals surface area contributed by atoms with E-state index in [9.17, 15) is 19.0 Å². The van der Waals surface area contributed by atoms with Gasteiger partial charge in [0.05, 0.1) is 26.7 Å². The molecule has 0 aromatic carbocycles. The van der Waals surface area contributed by atoms with E-state index in [2.05, 4.69) is 20.9 Å². The van der Waals surface area contributed by atoms with Gasteiger partial charge in [-0.15, -0.1) is 0 Å². The molecular weight excluding hydrogens is 641 g/mol. The van der Waals surface area contributed by atoms with E-state index in [1.54, 1.807) is 0 Å². The highest BCUT2D eigenvalue weighted by atomic mass is 31.2. The molecule has 0 N–H and O–H groups in total. The number of unbranched alkanes of at least 4 members (excludes halogenated alkanes) is 20. The number of phosphoric ester groups is 1. The summed E-state index contributed by atoms with van der Waals surface area (Å²) in [6, 6.07) is 0. The molecule has 0 saturated carbocycles. The zero-order valence-corrected chi connectivity index (χ0v) is 33.0. The average molecular weight is 718 g/mol. The van der Waals surface area contributed by atoms with Crippen LogP contribution in [0.2, 0.25) is 0 Å². The molecule has 0 bridgehead atoms. The number of quaternary nitrogens is 1. The second-order valence-electron chi connectivity index (χ2n) is 14.8. The van der Waals surface area contributed by atoms with E-state index in [0.717, 1.165) is 62.5 Å². The molecular formula is C39H76NO8P. The number of esters is 2. The lowest BCUT2D eigenvalue weighted by molar-refractivity contribution is -0.914. The SMILES string of the molecule is CCCCCCCCCCCCCC(=O)OCC(COP(=O)([O-])OCC[N+]1(C)CCCCC1)OC(=O)CCCCCCCCCCCCC. The van der Waals surface area contributed by atoms with Crippen LogP contribution in [-0.4, -0.2) is 69.0 Å². The van der Waals surface area contributed by atoms with Gasteiger partial charge in [-0.25, -0.2) is 0 Å². The lowest BCUT2D eigenvalue weighted by atomic mass is 10.1. The van der Waals surface area contributed by atoms with Crippen molar-refractivity contribution in [1.29, 1.82) is 0 Å². The van der Waals surface area contributed by atoms with Crippen molar-refractivity contribution in [2.75, 3.05) is 46.5 Å². The first-order valence-corrected chi connectivity index (χ1v) is 21.9. The maximum atomic E-state index is 12.7. The predicted molar refractivity (Wildman–Crippen MR) is 197 cm³/mol. The van der Waals surface area contributed by atoms with E-state index in [1.807, 2.05) is 0 Å². The van der Waals surface area contributed by atoms with Crippen LogP contribution < -0.4 is 4.89 Å². The Balaban J connectivity index is 2.39. The molecule has 0 radical (unpaired) electrons. The van der Waals surface area contributed by atoms with Crippen molar-refractivity contribution < 1.29 is 42.1 Å². The fourth-order valence-corrected chi connectivity index (χ4v) is 7.30. The lowest BCUT2D eigenvalue weighted by Crippen LogP contribution is -2.49. The van der Waals surface area contributed by atoms with Gasteiger partial charge in [0.15, 0.2) is 6.10 Å². The Morgan fingerprint density at radius 3 is 1.51 bits per heavy atom. The molecule has 49 heavy (non-hydrogen) atoms. The van der Waals surface area contributed by atoms with E-state index >= 15 is 0 Å². The van der Waals surface area contributed by atoms with Crippen molar-refractivity contribution in [3.8, 4) is 0 Å². The number of carbonyl (C=O) groups is 2. The number of likely N-dealkylation sites (tertiary alicyclic amines) is 1. The first kappa shape index (κ1) is 46.0. The molecule has 9 nitrogen and oxygen atoms in total. The molecule has 0 aliphatic carbocycles. The van der Waals surface area contributed by atoms with Gasteiger partial charge < -0.3 is 27.9 Å². The average Bonchev–Trinajstić information content (AvgIpc) is 3.07. The molecule has 290 valence electrons. The summed E-state index contributed by atoms with van der Waals surface area (Å²) < 4.78 is 34.6. The predicted octanol–water partition coefficient (Wildman–Crippen LogP) is 9.98. The molecule has 0 spiro atoms. The first-order valence-electron chi connectivity index (χ1n) is 20.5. The van der Waals surface area contributed by atoms with Gasteiger partial charge in [0.1, 0.15) is 19.8 Å². The van der Waals surface area contributed by atoms with Gasteiger partial charge in [-0.05, 0) is 32.1 Å². The number of phosphoric acid groups is 1. The third-order valence-corrected chi connectivity index (χ3v) is 10.9. The van der Waals surface area contributed by atoms with Crippen LogP contribution in [0.4, 0.5) is 0 Å². The lowest BCUT2D eigenvalue weighted by Gasteiger charge is -2.38. The zero-order chi connectivity index (χ0) is 35.9. The van der Waals surface area contributed by atoms with Crippen LogP contribution in [0.25, 0.3) is 0 Å². The van der Waals surface area contributed by atoms with E-state index in [1.165, 1.54) is 109 Å². The number of hydrogen-bond acceptors (Lipinski definition) is 8. The highest BCUT2D eigenvalue weighted by Gasteiger charge is 2.26. The Morgan fingerprint density at radius 2 is 1.04 bits per heavy atom. The Bertz CT molecular complexity index is 851. The molecule has 2 atom stereocenters. The van der Waals surface area contributed by atoms with Crippen molar-refractivity contribution in [2.24, 2.45) is 0 Å². The number of carbonyl (C=O) groups excluding carboxylic acids is 2. The van der Waals surface area contributed by atoms with Gasteiger partial charge in [0.25, 0.3) is 7.82 Å². The van der Waals surface area contributed by atoms with Crippen LogP contribution in [0.3, 0.4) is 0 Å². The molecule has 0 aromatic rings. The van der Waals surface area contributed by atoms with E-state index < -0.39 is 26.5 Å². The Hall–Kier alpha value is -0.990. The largest absolute Gasteiger partial charge is 0.756 e. The summed E-state index contributed by atoms with van der Waals surface area (Å²) in [5.74, 6) is -0.808. The van der Waals surface area contributed by atoms with E-state index in [0.29, 0.717) is 13.0 Å². The summed E-state index contributed by atoms with van der Waals surface area (Å²) in [6.45, 7) is 6.43. The fourth-order valence-electron chi connectivity index (χ4n) is 6.57. The second-order valence-corrected chi connectivity index (χ2v) is 16.2. The van der Waals surface area contributed by atoms with Gasteiger partial charge in [-0.1, -0.05) is 142 Å². The zero-order valence-electron chi connectivity index (χ0n) is 32.1. The summed E-state index contributed by atoms with van der Waals surface area (Å²) in [4.78, 5) is 37.7. The summed E-state index contributed by atoms with van der Waals surface area (Å²) in [5.41, 5.74) is 0. The minimum atomic E-state index is -4.62. The molecule has 1 rings (SSSR count). The number of piperidine rings is 1. The standard InChI is InChI=1S/C39H76NO8P/c1-4-6-8-10-12-14-16-18-20-22-25-29-38(41)45-35-37(36-47-49(43,44)46-34-33-40(3)31-27-24-28-32-40)48-39(42)30-26-23-21-19-17-15-13-11-9-7-5-2/h37H,4-36H2,1-3H3. The van der Waals surface area contributed by atoms with Crippen LogP contribution in [0, 0.1) is 0 Å². The van der Waals surface area contributed by atoms with Gasteiger partial charge in [0, 0.05) is 12.8 Å². The smallest absolute Gasteiger partial charge is 0.306 e. The van der Waals surface area contributed by atoms with Crippen LogP contribution in [0.5, 0.6) is 0 Å². The molecule has 1 aliphatic rings. The molecule has 10 heteroatoms. The maximum absolute atomic E-state index is 12.7.